The van der Waals surface area contributed by atoms with Crippen LogP contribution < -0.4 is 14.9 Å². The van der Waals surface area contributed by atoms with Gasteiger partial charge in [0.2, 0.25) is 0 Å². The Balaban J connectivity index is 1.52. The summed E-state index contributed by atoms with van der Waals surface area (Å²) >= 11 is 0. The van der Waals surface area contributed by atoms with Crippen LogP contribution in [0.1, 0.15) is 21.5 Å². The van der Waals surface area contributed by atoms with Gasteiger partial charge in [0.25, 0.3) is 5.91 Å². The Hall–Kier alpha value is -4.19. The van der Waals surface area contributed by atoms with Crippen molar-refractivity contribution >= 4 is 24.2 Å². The lowest BCUT2D eigenvalue weighted by molar-refractivity contribution is -0.128. The summed E-state index contributed by atoms with van der Waals surface area (Å²) in [7, 11) is 1.54. The number of carbonyl (C=O) groups excluding carboxylic acids is 2. The smallest absolute Gasteiger partial charge is 0.336 e. The van der Waals surface area contributed by atoms with Crippen LogP contribution in [-0.2, 0) is 4.79 Å². The SMILES string of the molecule is COc1cccc(C(=O)NN=Cc2ccc(OC(=O)C=Cc3ccccc3)cc2)c1. The van der Waals surface area contributed by atoms with Gasteiger partial charge in [0.1, 0.15) is 11.5 Å². The number of esters is 1. The van der Waals surface area contributed by atoms with Gasteiger partial charge in [-0.3, -0.25) is 4.79 Å². The molecule has 0 saturated heterocycles. The molecule has 3 rings (SSSR count). The molecule has 0 aliphatic rings. The maximum Gasteiger partial charge on any atom is 0.336 e. The van der Waals surface area contributed by atoms with Crippen LogP contribution in [0.3, 0.4) is 0 Å². The molecule has 150 valence electrons. The highest BCUT2D eigenvalue weighted by molar-refractivity contribution is 5.95. The number of hydrazone groups is 1. The van der Waals surface area contributed by atoms with Crippen molar-refractivity contribution in [1.82, 2.24) is 5.43 Å². The van der Waals surface area contributed by atoms with Crippen LogP contribution in [0.25, 0.3) is 6.08 Å². The van der Waals surface area contributed by atoms with Crippen molar-refractivity contribution in [2.45, 2.75) is 0 Å². The monoisotopic (exact) mass is 400 g/mol. The van der Waals surface area contributed by atoms with Gasteiger partial charge in [0.05, 0.1) is 13.3 Å². The molecule has 0 heterocycles. The Morgan fingerprint density at radius 2 is 1.63 bits per heavy atom. The minimum atomic E-state index is -0.467. The maximum absolute atomic E-state index is 12.1. The molecule has 6 heteroatoms. The molecule has 1 N–H and O–H groups in total. The zero-order chi connectivity index (χ0) is 21.2. The number of carbonyl (C=O) groups is 2. The number of methoxy groups -OCH3 is 1. The molecular weight excluding hydrogens is 380 g/mol. The molecule has 0 aliphatic heterocycles. The molecule has 1 amide bonds. The highest BCUT2D eigenvalue weighted by Gasteiger charge is 2.05. The lowest BCUT2D eigenvalue weighted by atomic mass is 10.2. The van der Waals surface area contributed by atoms with Gasteiger partial charge in [0, 0.05) is 11.6 Å². The fourth-order valence-corrected chi connectivity index (χ4v) is 2.49. The average Bonchev–Trinajstić information content (AvgIpc) is 2.79. The number of ether oxygens (including phenoxy) is 2. The van der Waals surface area contributed by atoms with E-state index < -0.39 is 5.97 Å². The largest absolute Gasteiger partial charge is 0.497 e. The van der Waals surface area contributed by atoms with Crippen LogP contribution in [0.2, 0.25) is 0 Å². The quantitative estimate of drug-likeness (QED) is 0.213. The van der Waals surface area contributed by atoms with Crippen molar-refractivity contribution in [1.29, 1.82) is 0 Å². The summed E-state index contributed by atoms with van der Waals surface area (Å²) in [5.74, 6) is 0.192. The molecule has 0 saturated carbocycles. The third-order valence-electron chi connectivity index (χ3n) is 4.02. The second-order valence-corrected chi connectivity index (χ2v) is 6.17. The van der Waals surface area contributed by atoms with E-state index in [9.17, 15) is 9.59 Å². The van der Waals surface area contributed by atoms with E-state index in [1.807, 2.05) is 30.3 Å². The molecule has 0 unspecified atom stereocenters. The number of amides is 1. The number of benzene rings is 3. The lowest BCUT2D eigenvalue weighted by Crippen LogP contribution is -2.17. The number of hydrogen-bond acceptors (Lipinski definition) is 5. The van der Waals surface area contributed by atoms with Crippen molar-refractivity contribution in [3.63, 3.8) is 0 Å². The van der Waals surface area contributed by atoms with Crippen LogP contribution >= 0.6 is 0 Å². The average molecular weight is 400 g/mol. The Morgan fingerprint density at radius 1 is 0.867 bits per heavy atom. The Labute approximate surface area is 174 Å². The lowest BCUT2D eigenvalue weighted by Gasteiger charge is -2.03. The van der Waals surface area contributed by atoms with Gasteiger partial charge in [-0.1, -0.05) is 36.4 Å². The topological polar surface area (TPSA) is 77.0 Å². The molecule has 0 aliphatic carbocycles. The van der Waals surface area contributed by atoms with Crippen LogP contribution in [0.4, 0.5) is 0 Å². The van der Waals surface area contributed by atoms with Crippen LogP contribution in [0.15, 0.2) is 90.0 Å². The molecule has 6 nitrogen and oxygen atoms in total. The van der Waals surface area contributed by atoms with E-state index in [0.29, 0.717) is 17.1 Å². The van der Waals surface area contributed by atoms with E-state index in [1.165, 1.54) is 19.4 Å². The van der Waals surface area contributed by atoms with Gasteiger partial charge < -0.3 is 9.47 Å². The van der Waals surface area contributed by atoms with E-state index >= 15 is 0 Å². The summed E-state index contributed by atoms with van der Waals surface area (Å²) in [6.45, 7) is 0. The predicted molar refractivity (Wildman–Crippen MR) is 116 cm³/mol. The number of rotatable bonds is 7. The fraction of sp³-hybridized carbons (Fsp3) is 0.0417. The van der Waals surface area contributed by atoms with Gasteiger partial charge in [-0.25, -0.2) is 10.2 Å². The van der Waals surface area contributed by atoms with Crippen molar-refractivity contribution in [2.75, 3.05) is 7.11 Å². The van der Waals surface area contributed by atoms with Crippen molar-refractivity contribution in [3.05, 3.63) is 102 Å². The van der Waals surface area contributed by atoms with Crippen molar-refractivity contribution < 1.29 is 19.1 Å². The Bertz CT molecular complexity index is 1060. The van der Waals surface area contributed by atoms with E-state index in [2.05, 4.69) is 10.5 Å². The molecule has 0 spiro atoms. The summed E-state index contributed by atoms with van der Waals surface area (Å²) in [4.78, 5) is 24.0. The Morgan fingerprint density at radius 3 is 2.37 bits per heavy atom. The normalized spacial score (nSPS) is 10.8. The third-order valence-corrected chi connectivity index (χ3v) is 4.02. The number of hydrogen-bond donors (Lipinski definition) is 1. The van der Waals surface area contributed by atoms with Gasteiger partial charge >= 0.3 is 5.97 Å². The van der Waals surface area contributed by atoms with Gasteiger partial charge in [0.15, 0.2) is 0 Å². The molecule has 3 aromatic carbocycles. The second-order valence-electron chi connectivity index (χ2n) is 6.17. The molecule has 0 fully saturated rings. The highest BCUT2D eigenvalue weighted by atomic mass is 16.5. The van der Waals surface area contributed by atoms with Crippen LogP contribution in [-0.4, -0.2) is 25.2 Å². The number of nitrogens with one attached hydrogen (secondary N) is 1. The first kappa shape index (κ1) is 20.5. The van der Waals surface area contributed by atoms with Crippen molar-refractivity contribution in [2.24, 2.45) is 5.10 Å². The standard InChI is InChI=1S/C24H20N2O4/c1-29-22-9-5-8-20(16-22)24(28)26-25-17-19-10-13-21(14-11-19)30-23(27)15-12-18-6-3-2-4-7-18/h2-17H,1H3,(H,26,28). The van der Waals surface area contributed by atoms with E-state index in [0.717, 1.165) is 11.1 Å². The minimum absolute atomic E-state index is 0.346. The first-order chi connectivity index (χ1) is 14.6. The summed E-state index contributed by atoms with van der Waals surface area (Å²) in [6, 6.07) is 23.0. The summed E-state index contributed by atoms with van der Waals surface area (Å²) < 4.78 is 10.4. The Kier molecular flexibility index (Phi) is 7.11. The molecule has 0 radical (unpaired) electrons. The summed E-state index contributed by atoms with van der Waals surface area (Å²) in [5.41, 5.74) is 4.55. The zero-order valence-corrected chi connectivity index (χ0v) is 16.3. The summed E-state index contributed by atoms with van der Waals surface area (Å²) in [5, 5.41) is 3.94. The number of nitrogens with zero attached hydrogens (tertiary/aromatic N) is 1. The predicted octanol–water partition coefficient (Wildman–Crippen LogP) is 4.08. The molecule has 0 bridgehead atoms. The molecular formula is C24H20N2O4. The van der Waals surface area contributed by atoms with E-state index in [-0.39, 0.29) is 5.91 Å². The molecule has 30 heavy (non-hydrogen) atoms. The molecule has 0 aromatic heterocycles. The molecule has 3 aromatic rings. The minimum Gasteiger partial charge on any atom is -0.497 e. The zero-order valence-electron chi connectivity index (χ0n) is 16.3. The fourth-order valence-electron chi connectivity index (χ4n) is 2.49. The van der Waals surface area contributed by atoms with Crippen molar-refractivity contribution in [3.8, 4) is 11.5 Å². The van der Waals surface area contributed by atoms with Crippen LogP contribution in [0.5, 0.6) is 11.5 Å². The first-order valence-corrected chi connectivity index (χ1v) is 9.16. The highest BCUT2D eigenvalue weighted by Crippen LogP contribution is 2.13. The summed E-state index contributed by atoms with van der Waals surface area (Å²) in [6.07, 6.45) is 4.56. The van der Waals surface area contributed by atoms with Gasteiger partial charge in [-0.05, 0) is 59.7 Å². The third kappa shape index (κ3) is 6.17. The van der Waals surface area contributed by atoms with Gasteiger partial charge in [-0.2, -0.15) is 5.10 Å². The van der Waals surface area contributed by atoms with Gasteiger partial charge in [-0.15, -0.1) is 0 Å². The van der Waals surface area contributed by atoms with E-state index in [1.54, 1.807) is 54.6 Å². The first-order valence-electron chi connectivity index (χ1n) is 9.16. The maximum atomic E-state index is 12.1. The second kappa shape index (κ2) is 10.4. The molecule has 0 atom stereocenters. The van der Waals surface area contributed by atoms with Crippen LogP contribution in [0, 0.1) is 0 Å². The van der Waals surface area contributed by atoms with E-state index in [4.69, 9.17) is 9.47 Å².